The standard InChI is InChI=1S/C24H30N4O2/c1-19-15-20(2)17-22(16-19)28(10-4-9-25)24(29)18-26-11-13-27(14-12-26)21-5-7-23(30-3)8-6-21/h5-8,15-17H,4,10-14,18H2,1-3H3. The van der Waals surface area contributed by atoms with Crippen molar-refractivity contribution in [1.82, 2.24) is 4.90 Å². The second-order valence-electron chi connectivity index (χ2n) is 7.76. The van der Waals surface area contributed by atoms with E-state index in [9.17, 15) is 4.79 Å². The van der Waals surface area contributed by atoms with Gasteiger partial charge in [-0.3, -0.25) is 9.69 Å². The Morgan fingerprint density at radius 3 is 2.27 bits per heavy atom. The molecule has 2 aromatic rings. The molecule has 1 amide bonds. The maximum absolute atomic E-state index is 13.1. The molecule has 1 fully saturated rings. The second-order valence-corrected chi connectivity index (χ2v) is 7.76. The molecule has 30 heavy (non-hydrogen) atoms. The Bertz CT molecular complexity index is 876. The van der Waals surface area contributed by atoms with Gasteiger partial charge in [0.1, 0.15) is 5.75 Å². The number of ether oxygens (including phenoxy) is 1. The third-order valence-corrected chi connectivity index (χ3v) is 5.44. The quantitative estimate of drug-likeness (QED) is 0.705. The fourth-order valence-corrected chi connectivity index (χ4v) is 3.90. The molecule has 0 N–H and O–H groups in total. The summed E-state index contributed by atoms with van der Waals surface area (Å²) in [6, 6.07) is 16.4. The molecule has 0 spiro atoms. The summed E-state index contributed by atoms with van der Waals surface area (Å²) in [5, 5.41) is 9.03. The first-order chi connectivity index (χ1) is 14.5. The minimum atomic E-state index is 0.0492. The van der Waals surface area contributed by atoms with Crippen molar-refractivity contribution in [3.8, 4) is 11.8 Å². The SMILES string of the molecule is COc1ccc(N2CCN(CC(=O)N(CCC#N)c3cc(C)cc(C)c3)CC2)cc1. The normalized spacial score (nSPS) is 14.3. The van der Waals surface area contributed by atoms with Crippen LogP contribution >= 0.6 is 0 Å². The predicted molar refractivity (Wildman–Crippen MR) is 120 cm³/mol. The van der Waals surface area contributed by atoms with E-state index < -0.39 is 0 Å². The monoisotopic (exact) mass is 406 g/mol. The first kappa shape index (κ1) is 21.7. The van der Waals surface area contributed by atoms with Crippen molar-refractivity contribution in [2.75, 3.05) is 56.2 Å². The Hall–Kier alpha value is -3.04. The first-order valence-electron chi connectivity index (χ1n) is 10.4. The Labute approximate surface area is 179 Å². The molecule has 0 radical (unpaired) electrons. The zero-order chi connectivity index (χ0) is 21.5. The number of piperazine rings is 1. The predicted octanol–water partition coefficient (Wildman–Crippen LogP) is 3.38. The van der Waals surface area contributed by atoms with E-state index in [4.69, 9.17) is 10.00 Å². The Morgan fingerprint density at radius 2 is 1.70 bits per heavy atom. The largest absolute Gasteiger partial charge is 0.497 e. The van der Waals surface area contributed by atoms with Gasteiger partial charge in [-0.1, -0.05) is 6.07 Å². The van der Waals surface area contributed by atoms with Crippen molar-refractivity contribution in [2.24, 2.45) is 0 Å². The van der Waals surface area contributed by atoms with Crippen LogP contribution in [0.4, 0.5) is 11.4 Å². The van der Waals surface area contributed by atoms with Crippen LogP contribution < -0.4 is 14.5 Å². The van der Waals surface area contributed by atoms with Crippen LogP contribution in [-0.2, 0) is 4.79 Å². The van der Waals surface area contributed by atoms with E-state index in [0.717, 1.165) is 48.7 Å². The molecule has 0 saturated carbocycles. The van der Waals surface area contributed by atoms with E-state index in [1.54, 1.807) is 12.0 Å². The maximum atomic E-state index is 13.1. The first-order valence-corrected chi connectivity index (χ1v) is 10.4. The van der Waals surface area contributed by atoms with Crippen LogP contribution in [-0.4, -0.2) is 57.2 Å². The molecule has 1 heterocycles. The number of anilines is 2. The van der Waals surface area contributed by atoms with Crippen LogP contribution in [0.2, 0.25) is 0 Å². The van der Waals surface area contributed by atoms with Crippen molar-refractivity contribution in [3.63, 3.8) is 0 Å². The zero-order valence-corrected chi connectivity index (χ0v) is 18.1. The van der Waals surface area contributed by atoms with Gasteiger partial charge in [0.2, 0.25) is 5.91 Å². The van der Waals surface area contributed by atoms with Gasteiger partial charge in [0.15, 0.2) is 0 Å². The average Bonchev–Trinajstić information content (AvgIpc) is 2.74. The number of nitrogens with zero attached hydrogens (tertiary/aromatic N) is 4. The summed E-state index contributed by atoms with van der Waals surface area (Å²) >= 11 is 0. The molecular weight excluding hydrogens is 376 g/mol. The highest BCUT2D eigenvalue weighted by atomic mass is 16.5. The molecule has 0 atom stereocenters. The highest BCUT2D eigenvalue weighted by Crippen LogP contribution is 2.22. The summed E-state index contributed by atoms with van der Waals surface area (Å²) in [6.45, 7) is 8.26. The third kappa shape index (κ3) is 5.52. The van der Waals surface area contributed by atoms with Crippen molar-refractivity contribution >= 4 is 17.3 Å². The minimum Gasteiger partial charge on any atom is -0.497 e. The Morgan fingerprint density at radius 1 is 1.07 bits per heavy atom. The highest BCUT2D eigenvalue weighted by molar-refractivity contribution is 5.95. The van der Waals surface area contributed by atoms with E-state index in [1.807, 2.05) is 38.1 Å². The lowest BCUT2D eigenvalue weighted by atomic mass is 10.1. The van der Waals surface area contributed by atoms with Gasteiger partial charge in [0, 0.05) is 44.1 Å². The lowest BCUT2D eigenvalue weighted by Gasteiger charge is -2.36. The average molecular weight is 407 g/mol. The van der Waals surface area contributed by atoms with Crippen LogP contribution in [0.15, 0.2) is 42.5 Å². The summed E-state index contributed by atoms with van der Waals surface area (Å²) in [7, 11) is 1.67. The number of carbonyl (C=O) groups is 1. The van der Waals surface area contributed by atoms with E-state index >= 15 is 0 Å². The van der Waals surface area contributed by atoms with E-state index in [1.165, 1.54) is 5.69 Å². The molecule has 1 aliphatic heterocycles. The van der Waals surface area contributed by atoms with Gasteiger partial charge in [-0.05, 0) is 61.4 Å². The molecule has 0 aliphatic carbocycles. The van der Waals surface area contributed by atoms with E-state index in [0.29, 0.717) is 19.5 Å². The summed E-state index contributed by atoms with van der Waals surface area (Å²) in [5.74, 6) is 0.903. The lowest BCUT2D eigenvalue weighted by Crippen LogP contribution is -2.50. The molecule has 6 heteroatoms. The van der Waals surface area contributed by atoms with Gasteiger partial charge in [-0.2, -0.15) is 5.26 Å². The third-order valence-electron chi connectivity index (χ3n) is 5.44. The van der Waals surface area contributed by atoms with Crippen molar-refractivity contribution in [1.29, 1.82) is 5.26 Å². The van der Waals surface area contributed by atoms with Crippen molar-refractivity contribution < 1.29 is 9.53 Å². The van der Waals surface area contributed by atoms with Crippen LogP contribution in [0.3, 0.4) is 0 Å². The number of carbonyl (C=O) groups excluding carboxylic acids is 1. The highest BCUT2D eigenvalue weighted by Gasteiger charge is 2.23. The number of aryl methyl sites for hydroxylation is 2. The second kappa shape index (κ2) is 10.1. The van der Waals surface area contributed by atoms with Crippen LogP contribution in [0.25, 0.3) is 0 Å². The van der Waals surface area contributed by atoms with Crippen molar-refractivity contribution in [3.05, 3.63) is 53.6 Å². The Kier molecular flexibility index (Phi) is 7.31. The van der Waals surface area contributed by atoms with Gasteiger partial charge in [0.05, 0.1) is 26.1 Å². The van der Waals surface area contributed by atoms with Gasteiger partial charge in [-0.15, -0.1) is 0 Å². The van der Waals surface area contributed by atoms with E-state index in [-0.39, 0.29) is 5.91 Å². The molecule has 1 aliphatic rings. The molecule has 3 rings (SSSR count). The molecule has 0 bridgehead atoms. The van der Waals surface area contributed by atoms with Crippen molar-refractivity contribution in [2.45, 2.75) is 20.3 Å². The maximum Gasteiger partial charge on any atom is 0.241 e. The molecule has 6 nitrogen and oxygen atoms in total. The molecule has 0 unspecified atom stereocenters. The summed E-state index contributed by atoms with van der Waals surface area (Å²) in [5.41, 5.74) is 4.29. The summed E-state index contributed by atoms with van der Waals surface area (Å²) in [6.07, 6.45) is 0.323. The van der Waals surface area contributed by atoms with Gasteiger partial charge < -0.3 is 14.5 Å². The fourth-order valence-electron chi connectivity index (χ4n) is 3.90. The fraction of sp³-hybridized carbons (Fsp3) is 0.417. The van der Waals surface area contributed by atoms with Crippen LogP contribution in [0, 0.1) is 25.2 Å². The topological polar surface area (TPSA) is 59.8 Å². The number of nitriles is 1. The number of amides is 1. The molecular formula is C24H30N4O2. The molecule has 1 saturated heterocycles. The summed E-state index contributed by atoms with van der Waals surface area (Å²) < 4.78 is 5.23. The lowest BCUT2D eigenvalue weighted by molar-refractivity contribution is -0.119. The zero-order valence-electron chi connectivity index (χ0n) is 18.1. The number of hydrogen-bond donors (Lipinski definition) is 0. The van der Waals surface area contributed by atoms with Gasteiger partial charge in [-0.25, -0.2) is 0 Å². The van der Waals surface area contributed by atoms with Gasteiger partial charge >= 0.3 is 0 Å². The molecule has 158 valence electrons. The van der Waals surface area contributed by atoms with Crippen LogP contribution in [0.1, 0.15) is 17.5 Å². The number of methoxy groups -OCH3 is 1. The number of rotatable bonds is 7. The van der Waals surface area contributed by atoms with Gasteiger partial charge in [0.25, 0.3) is 0 Å². The Balaban J connectivity index is 1.61. The van der Waals surface area contributed by atoms with Crippen LogP contribution in [0.5, 0.6) is 5.75 Å². The molecule has 2 aromatic carbocycles. The molecule has 0 aromatic heterocycles. The number of hydrogen-bond acceptors (Lipinski definition) is 5. The number of benzene rings is 2. The minimum absolute atomic E-state index is 0.0492. The van der Waals surface area contributed by atoms with E-state index in [2.05, 4.69) is 34.1 Å². The summed E-state index contributed by atoms with van der Waals surface area (Å²) in [4.78, 5) is 19.4. The smallest absolute Gasteiger partial charge is 0.241 e.